The molecule has 0 saturated heterocycles. The maximum atomic E-state index is 5.08. The summed E-state index contributed by atoms with van der Waals surface area (Å²) in [6.45, 7) is 0.606. The zero-order chi connectivity index (χ0) is 11.4. The second-order valence-electron chi connectivity index (χ2n) is 3.12. The number of ether oxygens (including phenoxy) is 1. The van der Waals surface area contributed by atoms with Crippen LogP contribution < -0.4 is 5.32 Å². The summed E-state index contributed by atoms with van der Waals surface area (Å²) >= 11 is 4.72. The van der Waals surface area contributed by atoms with E-state index >= 15 is 0 Å². The predicted octanol–water partition coefficient (Wildman–Crippen LogP) is 3.19. The molecule has 1 heterocycles. The van der Waals surface area contributed by atoms with Gasteiger partial charge in [0.05, 0.1) is 6.61 Å². The zero-order valence-corrected chi connectivity index (χ0v) is 11.0. The standard InChI is InChI=1S/C10H10BrN3OS/c1-15-6-7-3-2-4-8(5-7)12-10-14-13-9(11)16-10/h2-5H,6H2,1H3,(H,12,14). The average Bonchev–Trinajstić information content (AvgIpc) is 2.65. The van der Waals surface area contributed by atoms with E-state index in [1.807, 2.05) is 24.3 Å². The van der Waals surface area contributed by atoms with Gasteiger partial charge in [-0.15, -0.1) is 10.2 Å². The molecule has 0 amide bonds. The zero-order valence-electron chi connectivity index (χ0n) is 8.61. The van der Waals surface area contributed by atoms with Crippen molar-refractivity contribution in [3.63, 3.8) is 0 Å². The maximum absolute atomic E-state index is 5.08. The van der Waals surface area contributed by atoms with Crippen LogP contribution in [0.1, 0.15) is 5.56 Å². The second kappa shape index (κ2) is 5.38. The molecule has 84 valence electrons. The lowest BCUT2D eigenvalue weighted by Crippen LogP contribution is -1.92. The van der Waals surface area contributed by atoms with Crippen molar-refractivity contribution >= 4 is 38.1 Å². The van der Waals surface area contributed by atoms with Crippen molar-refractivity contribution < 1.29 is 4.74 Å². The number of benzene rings is 1. The second-order valence-corrected chi connectivity index (χ2v) is 5.37. The molecule has 0 saturated carbocycles. The van der Waals surface area contributed by atoms with Crippen molar-refractivity contribution in [2.75, 3.05) is 12.4 Å². The molecule has 0 radical (unpaired) electrons. The first kappa shape index (κ1) is 11.5. The van der Waals surface area contributed by atoms with Crippen LogP contribution in [-0.2, 0) is 11.3 Å². The molecule has 1 N–H and O–H groups in total. The normalized spacial score (nSPS) is 10.4. The lowest BCUT2D eigenvalue weighted by Gasteiger charge is -2.04. The predicted molar refractivity (Wildman–Crippen MR) is 68.0 cm³/mol. The summed E-state index contributed by atoms with van der Waals surface area (Å²) in [5.41, 5.74) is 2.11. The van der Waals surface area contributed by atoms with Gasteiger partial charge in [0, 0.05) is 12.8 Å². The molecule has 0 unspecified atom stereocenters. The molecule has 2 aromatic rings. The number of anilines is 2. The van der Waals surface area contributed by atoms with E-state index in [9.17, 15) is 0 Å². The van der Waals surface area contributed by atoms with Crippen LogP contribution in [0, 0.1) is 0 Å². The lowest BCUT2D eigenvalue weighted by atomic mass is 10.2. The number of rotatable bonds is 4. The number of nitrogens with zero attached hydrogens (tertiary/aromatic N) is 2. The Morgan fingerprint density at radius 1 is 1.44 bits per heavy atom. The quantitative estimate of drug-likeness (QED) is 0.942. The molecule has 0 bridgehead atoms. The third-order valence-electron chi connectivity index (χ3n) is 1.89. The molecule has 0 spiro atoms. The van der Waals surface area contributed by atoms with Gasteiger partial charge in [-0.05, 0) is 33.6 Å². The van der Waals surface area contributed by atoms with Gasteiger partial charge in [-0.1, -0.05) is 23.5 Å². The molecule has 6 heteroatoms. The Kier molecular flexibility index (Phi) is 3.87. The number of hydrogen-bond acceptors (Lipinski definition) is 5. The Bertz CT molecular complexity index is 475. The van der Waals surface area contributed by atoms with Crippen LogP contribution in [0.15, 0.2) is 28.2 Å². The molecular weight excluding hydrogens is 290 g/mol. The van der Waals surface area contributed by atoms with Crippen LogP contribution in [0.25, 0.3) is 0 Å². The van der Waals surface area contributed by atoms with Gasteiger partial charge >= 0.3 is 0 Å². The van der Waals surface area contributed by atoms with Gasteiger partial charge in [0.2, 0.25) is 5.13 Å². The van der Waals surface area contributed by atoms with Crippen molar-refractivity contribution in [2.45, 2.75) is 6.61 Å². The number of methoxy groups -OCH3 is 1. The molecule has 0 fully saturated rings. The third-order valence-corrected chi connectivity index (χ3v) is 3.16. The van der Waals surface area contributed by atoms with Crippen molar-refractivity contribution in [2.24, 2.45) is 0 Å². The van der Waals surface area contributed by atoms with Gasteiger partial charge in [-0.3, -0.25) is 0 Å². The summed E-state index contributed by atoms with van der Waals surface area (Å²) in [4.78, 5) is 0. The minimum atomic E-state index is 0.606. The highest BCUT2D eigenvalue weighted by atomic mass is 79.9. The first-order valence-electron chi connectivity index (χ1n) is 4.62. The highest BCUT2D eigenvalue weighted by Crippen LogP contribution is 2.24. The molecule has 2 rings (SSSR count). The molecule has 1 aromatic carbocycles. The SMILES string of the molecule is COCc1cccc(Nc2nnc(Br)s2)c1. The fourth-order valence-electron chi connectivity index (χ4n) is 1.28. The molecule has 0 atom stereocenters. The average molecular weight is 300 g/mol. The van der Waals surface area contributed by atoms with Gasteiger partial charge in [-0.2, -0.15) is 0 Å². The van der Waals surface area contributed by atoms with E-state index in [1.165, 1.54) is 11.3 Å². The van der Waals surface area contributed by atoms with E-state index in [1.54, 1.807) is 7.11 Å². The number of hydrogen-bond donors (Lipinski definition) is 1. The van der Waals surface area contributed by atoms with E-state index in [2.05, 4.69) is 31.4 Å². The van der Waals surface area contributed by atoms with E-state index in [-0.39, 0.29) is 0 Å². The Morgan fingerprint density at radius 3 is 3.00 bits per heavy atom. The van der Waals surface area contributed by atoms with E-state index in [0.29, 0.717) is 6.61 Å². The molecule has 1 aromatic heterocycles. The first-order valence-corrected chi connectivity index (χ1v) is 6.23. The minimum absolute atomic E-state index is 0.606. The summed E-state index contributed by atoms with van der Waals surface area (Å²) in [5.74, 6) is 0. The summed E-state index contributed by atoms with van der Waals surface area (Å²) in [5, 5.41) is 11.8. The topological polar surface area (TPSA) is 47.0 Å². The largest absolute Gasteiger partial charge is 0.380 e. The summed E-state index contributed by atoms with van der Waals surface area (Å²) in [6.07, 6.45) is 0. The highest BCUT2D eigenvalue weighted by molar-refractivity contribution is 9.11. The Balaban J connectivity index is 2.12. The van der Waals surface area contributed by atoms with E-state index in [4.69, 9.17) is 4.74 Å². The smallest absolute Gasteiger partial charge is 0.210 e. The lowest BCUT2D eigenvalue weighted by molar-refractivity contribution is 0.185. The Hall–Kier alpha value is -0.980. The van der Waals surface area contributed by atoms with E-state index in [0.717, 1.165) is 20.3 Å². The van der Waals surface area contributed by atoms with Crippen LogP contribution in [0.3, 0.4) is 0 Å². The Morgan fingerprint density at radius 2 is 2.31 bits per heavy atom. The molecular formula is C10H10BrN3OS. The van der Waals surface area contributed by atoms with Gasteiger partial charge in [-0.25, -0.2) is 0 Å². The third kappa shape index (κ3) is 3.01. The van der Waals surface area contributed by atoms with Crippen LogP contribution >= 0.6 is 27.3 Å². The van der Waals surface area contributed by atoms with Crippen molar-refractivity contribution in [1.82, 2.24) is 10.2 Å². The van der Waals surface area contributed by atoms with Gasteiger partial charge < -0.3 is 10.1 Å². The number of halogens is 1. The van der Waals surface area contributed by atoms with Crippen LogP contribution in [-0.4, -0.2) is 17.3 Å². The number of nitrogens with one attached hydrogen (secondary N) is 1. The fraction of sp³-hybridized carbons (Fsp3) is 0.200. The molecule has 0 aliphatic heterocycles. The van der Waals surface area contributed by atoms with Gasteiger partial charge in [0.15, 0.2) is 3.92 Å². The summed E-state index contributed by atoms with van der Waals surface area (Å²) in [7, 11) is 1.68. The monoisotopic (exact) mass is 299 g/mol. The van der Waals surface area contributed by atoms with Crippen molar-refractivity contribution in [1.29, 1.82) is 0 Å². The summed E-state index contributed by atoms with van der Waals surface area (Å²) in [6, 6.07) is 8.00. The van der Waals surface area contributed by atoms with Gasteiger partial charge in [0.25, 0.3) is 0 Å². The van der Waals surface area contributed by atoms with Crippen LogP contribution in [0.2, 0.25) is 0 Å². The van der Waals surface area contributed by atoms with Gasteiger partial charge in [0.1, 0.15) is 0 Å². The minimum Gasteiger partial charge on any atom is -0.380 e. The Labute approximate surface area is 106 Å². The molecule has 0 aliphatic carbocycles. The molecule has 16 heavy (non-hydrogen) atoms. The van der Waals surface area contributed by atoms with E-state index < -0.39 is 0 Å². The van der Waals surface area contributed by atoms with Crippen LogP contribution in [0.5, 0.6) is 0 Å². The van der Waals surface area contributed by atoms with Crippen molar-refractivity contribution in [3.8, 4) is 0 Å². The maximum Gasteiger partial charge on any atom is 0.210 e. The van der Waals surface area contributed by atoms with Crippen LogP contribution in [0.4, 0.5) is 10.8 Å². The highest BCUT2D eigenvalue weighted by Gasteiger charge is 2.02. The molecule has 0 aliphatic rings. The first-order chi connectivity index (χ1) is 7.78. The fourth-order valence-corrected chi connectivity index (χ4v) is 2.32. The summed E-state index contributed by atoms with van der Waals surface area (Å²) < 4.78 is 5.84. The molecule has 4 nitrogen and oxygen atoms in total. The number of aromatic nitrogens is 2. The van der Waals surface area contributed by atoms with Crippen molar-refractivity contribution in [3.05, 3.63) is 33.7 Å².